The van der Waals surface area contributed by atoms with Gasteiger partial charge in [-0.2, -0.15) is 0 Å². The van der Waals surface area contributed by atoms with Crippen molar-refractivity contribution < 1.29 is 0 Å². The third-order valence-corrected chi connectivity index (χ3v) is 2.22. The second-order valence-corrected chi connectivity index (χ2v) is 3.38. The molecule has 0 bridgehead atoms. The molecule has 2 rings (SSSR count). The van der Waals surface area contributed by atoms with Crippen LogP contribution in [0.5, 0.6) is 0 Å². The minimum absolute atomic E-state index is 0.288. The summed E-state index contributed by atoms with van der Waals surface area (Å²) in [5.74, 6) is 0.800. The van der Waals surface area contributed by atoms with E-state index in [-0.39, 0.29) is 5.28 Å². The number of hydrogen-bond donors (Lipinski definition) is 2. The van der Waals surface area contributed by atoms with Crippen LogP contribution in [0.25, 0.3) is 0 Å². The van der Waals surface area contributed by atoms with Gasteiger partial charge in [0.2, 0.25) is 5.28 Å². The Morgan fingerprint density at radius 3 is 3.23 bits per heavy atom. The van der Waals surface area contributed by atoms with Crippen molar-refractivity contribution >= 4 is 17.4 Å². The Morgan fingerprint density at radius 2 is 2.54 bits per heavy atom. The van der Waals surface area contributed by atoms with Gasteiger partial charge in [-0.25, -0.2) is 9.97 Å². The Morgan fingerprint density at radius 1 is 1.62 bits per heavy atom. The summed E-state index contributed by atoms with van der Waals surface area (Å²) < 4.78 is 0. The third kappa shape index (κ3) is 2.29. The lowest BCUT2D eigenvalue weighted by Crippen LogP contribution is -2.22. The van der Waals surface area contributed by atoms with E-state index in [4.69, 9.17) is 11.6 Å². The molecule has 1 aliphatic rings. The molecule has 5 heteroatoms. The Kier molecular flexibility index (Phi) is 2.61. The summed E-state index contributed by atoms with van der Waals surface area (Å²) in [5.41, 5.74) is 0. The van der Waals surface area contributed by atoms with Crippen LogP contribution in [0.1, 0.15) is 6.42 Å². The van der Waals surface area contributed by atoms with Crippen LogP contribution in [0.3, 0.4) is 0 Å². The van der Waals surface area contributed by atoms with E-state index in [0.29, 0.717) is 6.04 Å². The van der Waals surface area contributed by atoms with Gasteiger partial charge in [0.25, 0.3) is 0 Å². The average molecular weight is 199 g/mol. The van der Waals surface area contributed by atoms with Gasteiger partial charge < -0.3 is 10.6 Å². The summed E-state index contributed by atoms with van der Waals surface area (Å²) in [4.78, 5) is 7.87. The van der Waals surface area contributed by atoms with Gasteiger partial charge in [0.05, 0.1) is 0 Å². The van der Waals surface area contributed by atoms with E-state index in [0.717, 1.165) is 25.3 Å². The molecule has 0 aliphatic carbocycles. The molecule has 0 amide bonds. The topological polar surface area (TPSA) is 49.8 Å². The normalized spacial score (nSPS) is 21.8. The van der Waals surface area contributed by atoms with Gasteiger partial charge in [0.15, 0.2) is 0 Å². The Bertz CT molecular complexity index is 285. The maximum atomic E-state index is 5.65. The molecule has 0 saturated carbocycles. The smallest absolute Gasteiger partial charge is 0.224 e. The highest BCUT2D eigenvalue weighted by atomic mass is 35.5. The zero-order valence-corrected chi connectivity index (χ0v) is 7.88. The maximum Gasteiger partial charge on any atom is 0.224 e. The summed E-state index contributed by atoms with van der Waals surface area (Å²) in [5, 5.41) is 6.84. The van der Waals surface area contributed by atoms with E-state index in [9.17, 15) is 0 Å². The van der Waals surface area contributed by atoms with Crippen LogP contribution in [0.4, 0.5) is 5.82 Å². The van der Waals surface area contributed by atoms with E-state index in [1.54, 1.807) is 6.20 Å². The molecule has 1 unspecified atom stereocenters. The highest BCUT2D eigenvalue weighted by Gasteiger charge is 2.14. The lowest BCUT2D eigenvalue weighted by molar-refractivity contribution is 0.787. The first-order valence-electron chi connectivity index (χ1n) is 4.30. The molecule has 1 aromatic rings. The molecule has 70 valence electrons. The SMILES string of the molecule is Clc1nccc(NC2CCNC2)n1. The first-order chi connectivity index (χ1) is 6.34. The second kappa shape index (κ2) is 3.89. The Balaban J connectivity index is 2.00. The molecule has 4 nitrogen and oxygen atoms in total. The van der Waals surface area contributed by atoms with E-state index in [2.05, 4.69) is 20.6 Å². The van der Waals surface area contributed by atoms with Crippen molar-refractivity contribution in [2.75, 3.05) is 18.4 Å². The number of nitrogens with one attached hydrogen (secondary N) is 2. The molecule has 2 heterocycles. The number of hydrogen-bond acceptors (Lipinski definition) is 4. The minimum Gasteiger partial charge on any atom is -0.366 e. The van der Waals surface area contributed by atoms with Crippen LogP contribution >= 0.6 is 11.6 Å². The van der Waals surface area contributed by atoms with Crippen LogP contribution in [-0.4, -0.2) is 29.1 Å². The van der Waals surface area contributed by atoms with Crippen molar-refractivity contribution in [2.45, 2.75) is 12.5 Å². The summed E-state index contributed by atoms with van der Waals surface area (Å²) >= 11 is 5.65. The van der Waals surface area contributed by atoms with E-state index < -0.39 is 0 Å². The quantitative estimate of drug-likeness (QED) is 0.694. The summed E-state index contributed by atoms with van der Waals surface area (Å²) in [6.45, 7) is 2.05. The largest absolute Gasteiger partial charge is 0.366 e. The predicted octanol–water partition coefficient (Wildman–Crippen LogP) is 0.904. The van der Waals surface area contributed by atoms with Gasteiger partial charge in [0.1, 0.15) is 5.82 Å². The van der Waals surface area contributed by atoms with Gasteiger partial charge in [-0.3, -0.25) is 0 Å². The fourth-order valence-electron chi connectivity index (χ4n) is 1.40. The van der Waals surface area contributed by atoms with E-state index in [1.165, 1.54) is 0 Å². The van der Waals surface area contributed by atoms with Gasteiger partial charge in [-0.1, -0.05) is 0 Å². The number of halogens is 1. The monoisotopic (exact) mass is 198 g/mol. The van der Waals surface area contributed by atoms with Crippen LogP contribution in [-0.2, 0) is 0 Å². The molecule has 0 aromatic carbocycles. The molecule has 1 atom stereocenters. The fourth-order valence-corrected chi connectivity index (χ4v) is 1.55. The molecule has 13 heavy (non-hydrogen) atoms. The number of rotatable bonds is 2. The first-order valence-corrected chi connectivity index (χ1v) is 4.68. The highest BCUT2D eigenvalue weighted by molar-refractivity contribution is 6.28. The molecular formula is C8H11ClN4. The van der Waals surface area contributed by atoms with Gasteiger partial charge in [-0.05, 0) is 30.6 Å². The number of anilines is 1. The molecule has 1 saturated heterocycles. The van der Waals surface area contributed by atoms with E-state index >= 15 is 0 Å². The predicted molar refractivity (Wildman–Crippen MR) is 51.9 cm³/mol. The highest BCUT2D eigenvalue weighted by Crippen LogP contribution is 2.09. The summed E-state index contributed by atoms with van der Waals surface area (Å²) in [7, 11) is 0. The molecule has 0 spiro atoms. The number of nitrogens with zero attached hydrogens (tertiary/aromatic N) is 2. The van der Waals surface area contributed by atoms with Crippen LogP contribution < -0.4 is 10.6 Å². The molecule has 1 aliphatic heterocycles. The summed E-state index contributed by atoms with van der Waals surface area (Å²) in [6, 6.07) is 2.29. The third-order valence-electron chi connectivity index (χ3n) is 2.04. The van der Waals surface area contributed by atoms with Crippen molar-refractivity contribution in [3.8, 4) is 0 Å². The minimum atomic E-state index is 0.288. The van der Waals surface area contributed by atoms with Crippen molar-refractivity contribution in [3.05, 3.63) is 17.5 Å². The molecular weight excluding hydrogens is 188 g/mol. The van der Waals surface area contributed by atoms with Crippen LogP contribution in [0.2, 0.25) is 5.28 Å². The maximum absolute atomic E-state index is 5.65. The number of aromatic nitrogens is 2. The lowest BCUT2D eigenvalue weighted by atomic mass is 10.2. The lowest BCUT2D eigenvalue weighted by Gasteiger charge is -2.11. The first kappa shape index (κ1) is 8.72. The van der Waals surface area contributed by atoms with Crippen molar-refractivity contribution in [2.24, 2.45) is 0 Å². The zero-order chi connectivity index (χ0) is 9.10. The average Bonchev–Trinajstić information content (AvgIpc) is 2.57. The molecule has 0 radical (unpaired) electrons. The summed E-state index contributed by atoms with van der Waals surface area (Å²) in [6.07, 6.45) is 2.78. The van der Waals surface area contributed by atoms with Gasteiger partial charge in [-0.15, -0.1) is 0 Å². The van der Waals surface area contributed by atoms with Crippen LogP contribution in [0, 0.1) is 0 Å². The van der Waals surface area contributed by atoms with Gasteiger partial charge >= 0.3 is 0 Å². The van der Waals surface area contributed by atoms with Crippen molar-refractivity contribution in [1.29, 1.82) is 0 Å². The van der Waals surface area contributed by atoms with Crippen molar-refractivity contribution in [1.82, 2.24) is 15.3 Å². The standard InChI is InChI=1S/C8H11ClN4/c9-8-11-4-2-7(13-8)12-6-1-3-10-5-6/h2,4,6,10H,1,3,5H2,(H,11,12,13). The Labute approximate surface area is 81.7 Å². The zero-order valence-electron chi connectivity index (χ0n) is 7.13. The fraction of sp³-hybridized carbons (Fsp3) is 0.500. The van der Waals surface area contributed by atoms with Gasteiger partial charge in [0, 0.05) is 18.8 Å². The molecule has 1 aromatic heterocycles. The van der Waals surface area contributed by atoms with Crippen molar-refractivity contribution in [3.63, 3.8) is 0 Å². The Hall–Kier alpha value is -0.870. The molecule has 1 fully saturated rings. The van der Waals surface area contributed by atoms with E-state index in [1.807, 2.05) is 6.07 Å². The second-order valence-electron chi connectivity index (χ2n) is 3.04. The van der Waals surface area contributed by atoms with Crippen LogP contribution in [0.15, 0.2) is 12.3 Å². The molecule has 2 N–H and O–H groups in total.